The Hall–Kier alpha value is -1.17. The van der Waals surface area contributed by atoms with Crippen molar-refractivity contribution in [3.8, 4) is 17.2 Å². The lowest BCUT2D eigenvalue weighted by molar-refractivity contribution is 0.0767. The van der Waals surface area contributed by atoms with Gasteiger partial charge in [0.05, 0.1) is 40.6 Å². The Bertz CT molecular complexity index is 383. The van der Waals surface area contributed by atoms with Crippen LogP contribution in [0.15, 0.2) is 12.1 Å². The molecular weight excluding hydrogens is 270 g/mol. The number of nitrogens with one attached hydrogen (secondary N) is 1. The monoisotopic (exact) mass is 289 g/mol. The quantitative estimate of drug-likeness (QED) is 0.916. The van der Waals surface area contributed by atoms with Gasteiger partial charge >= 0.3 is 0 Å². The largest absolute Gasteiger partial charge is 0.493 e. The smallest absolute Gasteiger partial charge is 0.203 e. The van der Waals surface area contributed by atoms with Gasteiger partial charge in [-0.3, -0.25) is 0 Å². The van der Waals surface area contributed by atoms with Crippen LogP contribution in [-0.2, 0) is 4.74 Å². The van der Waals surface area contributed by atoms with Crippen LogP contribution in [0.25, 0.3) is 0 Å². The predicted octanol–water partition coefficient (Wildman–Crippen LogP) is 1.80. The van der Waals surface area contributed by atoms with Crippen LogP contribution in [0.4, 0.5) is 0 Å². The summed E-state index contributed by atoms with van der Waals surface area (Å²) >= 11 is 0. The molecule has 1 aliphatic heterocycles. The minimum atomic E-state index is 0. The first-order chi connectivity index (χ1) is 8.80. The van der Waals surface area contributed by atoms with Gasteiger partial charge in [0, 0.05) is 6.54 Å². The first kappa shape index (κ1) is 15.9. The van der Waals surface area contributed by atoms with E-state index in [2.05, 4.69) is 5.32 Å². The van der Waals surface area contributed by atoms with Crippen LogP contribution in [0.1, 0.15) is 11.6 Å². The Kier molecular flexibility index (Phi) is 6.21. The van der Waals surface area contributed by atoms with Crippen molar-refractivity contribution >= 4 is 12.4 Å². The molecule has 1 N–H and O–H groups in total. The molecule has 1 aliphatic rings. The molecule has 0 saturated carbocycles. The van der Waals surface area contributed by atoms with Crippen LogP contribution in [0.3, 0.4) is 0 Å². The van der Waals surface area contributed by atoms with Crippen LogP contribution >= 0.6 is 12.4 Å². The van der Waals surface area contributed by atoms with Gasteiger partial charge in [0.15, 0.2) is 11.5 Å². The van der Waals surface area contributed by atoms with Crippen molar-refractivity contribution in [1.82, 2.24) is 5.32 Å². The maximum absolute atomic E-state index is 5.46. The van der Waals surface area contributed by atoms with Crippen LogP contribution in [-0.4, -0.2) is 41.1 Å². The molecule has 0 bridgehead atoms. The molecule has 108 valence electrons. The Balaban J connectivity index is 0.00000180. The van der Waals surface area contributed by atoms with Crippen molar-refractivity contribution in [2.45, 2.75) is 6.04 Å². The van der Waals surface area contributed by atoms with E-state index in [1.54, 1.807) is 21.3 Å². The summed E-state index contributed by atoms with van der Waals surface area (Å²) in [4.78, 5) is 0. The Morgan fingerprint density at radius 2 is 1.74 bits per heavy atom. The molecule has 0 amide bonds. The molecule has 6 heteroatoms. The highest BCUT2D eigenvalue weighted by Crippen LogP contribution is 2.39. The van der Waals surface area contributed by atoms with Crippen molar-refractivity contribution in [1.29, 1.82) is 0 Å². The second kappa shape index (κ2) is 7.43. The van der Waals surface area contributed by atoms with Crippen LogP contribution in [0.5, 0.6) is 17.2 Å². The van der Waals surface area contributed by atoms with Gasteiger partial charge in [0.25, 0.3) is 0 Å². The summed E-state index contributed by atoms with van der Waals surface area (Å²) in [5.74, 6) is 1.94. The summed E-state index contributed by atoms with van der Waals surface area (Å²) in [6, 6.07) is 4.06. The van der Waals surface area contributed by atoms with Gasteiger partial charge in [0.1, 0.15) is 0 Å². The Labute approximate surface area is 119 Å². The number of hydrogen-bond acceptors (Lipinski definition) is 5. The van der Waals surface area contributed by atoms with E-state index in [4.69, 9.17) is 18.9 Å². The molecule has 1 aromatic rings. The minimum absolute atomic E-state index is 0. The molecule has 0 aliphatic carbocycles. The molecule has 1 heterocycles. The topological polar surface area (TPSA) is 49.0 Å². The van der Waals surface area contributed by atoms with Gasteiger partial charge in [-0.2, -0.15) is 0 Å². The van der Waals surface area contributed by atoms with E-state index in [9.17, 15) is 0 Å². The molecule has 0 spiro atoms. The van der Waals surface area contributed by atoms with Gasteiger partial charge in [-0.1, -0.05) is 0 Å². The van der Waals surface area contributed by atoms with Gasteiger partial charge < -0.3 is 24.3 Å². The molecule has 0 unspecified atom stereocenters. The van der Waals surface area contributed by atoms with Gasteiger partial charge in [-0.05, 0) is 17.7 Å². The van der Waals surface area contributed by atoms with Crippen LogP contribution in [0.2, 0.25) is 0 Å². The maximum Gasteiger partial charge on any atom is 0.203 e. The van der Waals surface area contributed by atoms with E-state index in [0.717, 1.165) is 18.7 Å². The number of methoxy groups -OCH3 is 3. The highest BCUT2D eigenvalue weighted by Gasteiger charge is 2.20. The number of hydrogen-bond donors (Lipinski definition) is 1. The first-order valence-corrected chi connectivity index (χ1v) is 5.91. The number of morpholine rings is 1. The van der Waals surface area contributed by atoms with E-state index in [0.29, 0.717) is 23.9 Å². The zero-order chi connectivity index (χ0) is 13.0. The number of ether oxygens (including phenoxy) is 4. The molecule has 1 aromatic carbocycles. The van der Waals surface area contributed by atoms with E-state index in [1.807, 2.05) is 12.1 Å². The summed E-state index contributed by atoms with van der Waals surface area (Å²) in [6.07, 6.45) is 0. The van der Waals surface area contributed by atoms with Gasteiger partial charge in [0.2, 0.25) is 5.75 Å². The van der Waals surface area contributed by atoms with E-state index < -0.39 is 0 Å². The van der Waals surface area contributed by atoms with Crippen LogP contribution in [0, 0.1) is 0 Å². The predicted molar refractivity (Wildman–Crippen MR) is 74.9 cm³/mol. The fourth-order valence-electron chi connectivity index (χ4n) is 2.08. The Morgan fingerprint density at radius 3 is 2.16 bits per heavy atom. The van der Waals surface area contributed by atoms with Gasteiger partial charge in [-0.25, -0.2) is 0 Å². The summed E-state index contributed by atoms with van der Waals surface area (Å²) < 4.78 is 21.4. The third-order valence-electron chi connectivity index (χ3n) is 3.01. The van der Waals surface area contributed by atoms with E-state index in [1.165, 1.54) is 0 Å². The fourth-order valence-corrected chi connectivity index (χ4v) is 2.08. The van der Waals surface area contributed by atoms with Gasteiger partial charge in [-0.15, -0.1) is 12.4 Å². The first-order valence-electron chi connectivity index (χ1n) is 5.91. The average molecular weight is 290 g/mol. The maximum atomic E-state index is 5.46. The summed E-state index contributed by atoms with van der Waals surface area (Å²) in [7, 11) is 4.83. The minimum Gasteiger partial charge on any atom is -0.493 e. The molecule has 0 radical (unpaired) electrons. The molecule has 1 fully saturated rings. The summed E-state index contributed by atoms with van der Waals surface area (Å²) in [5, 5.41) is 3.40. The SMILES string of the molecule is COc1cc([C@@H]2COCCN2)cc(OC)c1OC.Cl. The number of halogens is 1. The second-order valence-electron chi connectivity index (χ2n) is 4.04. The highest BCUT2D eigenvalue weighted by atomic mass is 35.5. The molecule has 5 nitrogen and oxygen atoms in total. The van der Waals surface area contributed by atoms with E-state index >= 15 is 0 Å². The molecule has 0 aromatic heterocycles. The van der Waals surface area contributed by atoms with Crippen molar-refractivity contribution in [3.05, 3.63) is 17.7 Å². The van der Waals surface area contributed by atoms with E-state index in [-0.39, 0.29) is 18.4 Å². The van der Waals surface area contributed by atoms with Crippen molar-refractivity contribution < 1.29 is 18.9 Å². The fraction of sp³-hybridized carbons (Fsp3) is 0.538. The normalized spacial score (nSPS) is 18.4. The zero-order valence-electron chi connectivity index (χ0n) is 11.4. The molecular formula is C13H20ClNO4. The summed E-state index contributed by atoms with van der Waals surface area (Å²) in [6.45, 7) is 2.25. The Morgan fingerprint density at radius 1 is 1.11 bits per heavy atom. The van der Waals surface area contributed by atoms with Crippen molar-refractivity contribution in [3.63, 3.8) is 0 Å². The standard InChI is InChI=1S/C13H19NO4.ClH/c1-15-11-6-9(10-8-18-5-4-14-10)7-12(16-2)13(11)17-3;/h6-7,10,14H,4-5,8H2,1-3H3;1H/t10-;/m0./s1. The van der Waals surface area contributed by atoms with Crippen LogP contribution < -0.4 is 19.5 Å². The molecule has 1 saturated heterocycles. The highest BCUT2D eigenvalue weighted by molar-refractivity contribution is 5.85. The van der Waals surface area contributed by atoms with Crippen molar-refractivity contribution in [2.75, 3.05) is 41.1 Å². The lowest BCUT2D eigenvalue weighted by atomic mass is 10.1. The molecule has 19 heavy (non-hydrogen) atoms. The lowest BCUT2D eigenvalue weighted by Gasteiger charge is -2.25. The second-order valence-corrected chi connectivity index (χ2v) is 4.04. The molecule has 1 atom stereocenters. The number of rotatable bonds is 4. The lowest BCUT2D eigenvalue weighted by Crippen LogP contribution is -2.34. The third-order valence-corrected chi connectivity index (χ3v) is 3.01. The zero-order valence-corrected chi connectivity index (χ0v) is 12.2. The van der Waals surface area contributed by atoms with Crippen molar-refractivity contribution in [2.24, 2.45) is 0 Å². The summed E-state index contributed by atoms with van der Waals surface area (Å²) in [5.41, 5.74) is 1.07. The number of benzene rings is 1. The molecule has 2 rings (SSSR count). The average Bonchev–Trinajstić information content (AvgIpc) is 2.46. The third kappa shape index (κ3) is 3.43.